The largest absolute Gasteiger partial charge is 0.326 e. The molecule has 102 valence electrons. The van der Waals surface area contributed by atoms with Gasteiger partial charge in [0.1, 0.15) is 0 Å². The molecule has 0 bridgehead atoms. The first-order valence-electron chi connectivity index (χ1n) is 6.88. The molecule has 1 amide bonds. The van der Waals surface area contributed by atoms with E-state index in [-0.39, 0.29) is 11.8 Å². The first kappa shape index (κ1) is 13.1. The van der Waals surface area contributed by atoms with Gasteiger partial charge in [-0.1, -0.05) is 15.9 Å². The molecule has 0 aromatic heterocycles. The molecule has 3 rings (SSSR count). The molecular weight excluding hydrogens is 304 g/mol. The van der Waals surface area contributed by atoms with Crippen molar-refractivity contribution in [2.24, 2.45) is 11.3 Å². The maximum atomic E-state index is 12.3. The first-order valence-corrected chi connectivity index (χ1v) is 7.68. The normalized spacial score (nSPS) is 24.2. The average molecular weight is 323 g/mol. The van der Waals surface area contributed by atoms with Crippen molar-refractivity contribution in [2.75, 3.05) is 18.4 Å². The second kappa shape index (κ2) is 4.91. The van der Waals surface area contributed by atoms with Crippen LogP contribution in [0.5, 0.6) is 0 Å². The minimum absolute atomic E-state index is 0.201. The van der Waals surface area contributed by atoms with Gasteiger partial charge in [-0.2, -0.15) is 0 Å². The van der Waals surface area contributed by atoms with Crippen LogP contribution in [0.1, 0.15) is 24.8 Å². The third-order valence-electron chi connectivity index (χ3n) is 4.55. The van der Waals surface area contributed by atoms with E-state index in [9.17, 15) is 4.79 Å². The summed E-state index contributed by atoms with van der Waals surface area (Å²) in [6, 6.07) is 5.97. The van der Waals surface area contributed by atoms with Gasteiger partial charge >= 0.3 is 0 Å². The Morgan fingerprint density at radius 2 is 2.16 bits per heavy atom. The number of anilines is 1. The highest BCUT2D eigenvalue weighted by molar-refractivity contribution is 9.10. The van der Waals surface area contributed by atoms with Gasteiger partial charge in [-0.3, -0.25) is 4.79 Å². The summed E-state index contributed by atoms with van der Waals surface area (Å²) in [6.07, 6.45) is 3.35. The number of piperidine rings is 1. The van der Waals surface area contributed by atoms with Crippen LogP contribution in [0, 0.1) is 18.3 Å². The zero-order valence-corrected chi connectivity index (χ0v) is 12.7. The fraction of sp³-hybridized carbons (Fsp3) is 0.533. The van der Waals surface area contributed by atoms with Crippen LogP contribution in [-0.4, -0.2) is 19.0 Å². The van der Waals surface area contributed by atoms with Gasteiger partial charge in [0.25, 0.3) is 0 Å². The zero-order valence-electron chi connectivity index (χ0n) is 11.1. The lowest BCUT2D eigenvalue weighted by molar-refractivity contribution is -0.118. The summed E-state index contributed by atoms with van der Waals surface area (Å²) in [4.78, 5) is 12.3. The molecule has 1 unspecified atom stereocenters. The Bertz CT molecular complexity index is 509. The lowest BCUT2D eigenvalue weighted by Gasteiger charge is -2.23. The van der Waals surface area contributed by atoms with Gasteiger partial charge in [0.2, 0.25) is 5.91 Å². The predicted molar refractivity (Wildman–Crippen MR) is 80.2 cm³/mol. The molecule has 2 fully saturated rings. The SMILES string of the molecule is Cc1cc(Br)ccc1NC(=O)C1CC12CCNCC2. The molecule has 1 atom stereocenters. The number of aryl methyl sites for hydroxylation is 1. The van der Waals surface area contributed by atoms with Crippen molar-refractivity contribution in [1.82, 2.24) is 5.32 Å². The zero-order chi connectivity index (χ0) is 13.5. The number of benzene rings is 1. The maximum Gasteiger partial charge on any atom is 0.228 e. The van der Waals surface area contributed by atoms with Gasteiger partial charge in [-0.05, 0) is 68.5 Å². The fourth-order valence-electron chi connectivity index (χ4n) is 3.18. The molecule has 1 aliphatic heterocycles. The third-order valence-corrected chi connectivity index (χ3v) is 5.05. The number of carbonyl (C=O) groups excluding carboxylic acids is 1. The minimum atomic E-state index is 0.201. The molecular formula is C15H19BrN2O. The molecule has 1 heterocycles. The lowest BCUT2D eigenvalue weighted by atomic mass is 9.91. The summed E-state index contributed by atoms with van der Waals surface area (Å²) >= 11 is 3.44. The maximum absolute atomic E-state index is 12.3. The van der Waals surface area contributed by atoms with Crippen molar-refractivity contribution in [3.8, 4) is 0 Å². The van der Waals surface area contributed by atoms with E-state index in [1.807, 2.05) is 25.1 Å². The Morgan fingerprint density at radius 1 is 1.42 bits per heavy atom. The highest BCUT2D eigenvalue weighted by Crippen LogP contribution is 2.58. The van der Waals surface area contributed by atoms with E-state index in [1.165, 1.54) is 0 Å². The topological polar surface area (TPSA) is 41.1 Å². The minimum Gasteiger partial charge on any atom is -0.326 e. The van der Waals surface area contributed by atoms with E-state index >= 15 is 0 Å². The Morgan fingerprint density at radius 3 is 2.84 bits per heavy atom. The molecule has 1 spiro atoms. The monoisotopic (exact) mass is 322 g/mol. The number of carbonyl (C=O) groups is 1. The molecule has 2 N–H and O–H groups in total. The van der Waals surface area contributed by atoms with Crippen LogP contribution < -0.4 is 10.6 Å². The summed E-state index contributed by atoms with van der Waals surface area (Å²) in [6.45, 7) is 4.13. The quantitative estimate of drug-likeness (QED) is 0.878. The molecule has 1 saturated heterocycles. The first-order chi connectivity index (χ1) is 9.11. The van der Waals surface area contributed by atoms with Crippen molar-refractivity contribution in [3.05, 3.63) is 28.2 Å². The number of halogens is 1. The van der Waals surface area contributed by atoms with Gasteiger partial charge in [0.15, 0.2) is 0 Å². The number of amides is 1. The standard InChI is InChI=1S/C15H19BrN2O/c1-10-8-11(16)2-3-13(10)18-14(19)12-9-15(12)4-6-17-7-5-15/h2-3,8,12,17H,4-7,9H2,1H3,(H,18,19). The van der Waals surface area contributed by atoms with Crippen LogP contribution in [0.25, 0.3) is 0 Å². The van der Waals surface area contributed by atoms with Crippen molar-refractivity contribution in [2.45, 2.75) is 26.2 Å². The summed E-state index contributed by atoms with van der Waals surface area (Å²) in [5.41, 5.74) is 2.34. The Hall–Kier alpha value is -0.870. The van der Waals surface area contributed by atoms with Gasteiger partial charge < -0.3 is 10.6 Å². The molecule has 3 nitrogen and oxygen atoms in total. The van der Waals surface area contributed by atoms with Gasteiger partial charge in [0, 0.05) is 16.1 Å². The Kier molecular flexibility index (Phi) is 3.39. The Labute approximate surface area is 122 Å². The smallest absolute Gasteiger partial charge is 0.228 e. The van der Waals surface area contributed by atoms with E-state index < -0.39 is 0 Å². The molecule has 1 saturated carbocycles. The van der Waals surface area contributed by atoms with Gasteiger partial charge in [-0.25, -0.2) is 0 Å². The number of hydrogen-bond acceptors (Lipinski definition) is 2. The summed E-state index contributed by atoms with van der Waals surface area (Å²) in [5.74, 6) is 0.421. The molecule has 4 heteroatoms. The van der Waals surface area contributed by atoms with Gasteiger partial charge in [0.05, 0.1) is 0 Å². The van der Waals surface area contributed by atoms with Crippen LogP contribution in [0.4, 0.5) is 5.69 Å². The second-order valence-electron chi connectivity index (χ2n) is 5.82. The van der Waals surface area contributed by atoms with E-state index in [2.05, 4.69) is 26.6 Å². The van der Waals surface area contributed by atoms with Crippen LogP contribution in [0.2, 0.25) is 0 Å². The molecule has 19 heavy (non-hydrogen) atoms. The highest BCUT2D eigenvalue weighted by atomic mass is 79.9. The van der Waals surface area contributed by atoms with Gasteiger partial charge in [-0.15, -0.1) is 0 Å². The van der Waals surface area contributed by atoms with E-state index in [0.717, 1.165) is 48.1 Å². The molecule has 0 radical (unpaired) electrons. The highest BCUT2D eigenvalue weighted by Gasteiger charge is 2.57. The predicted octanol–water partition coefficient (Wildman–Crippen LogP) is 3.09. The molecule has 1 aromatic carbocycles. The number of nitrogens with one attached hydrogen (secondary N) is 2. The number of rotatable bonds is 2. The van der Waals surface area contributed by atoms with Crippen LogP contribution >= 0.6 is 15.9 Å². The van der Waals surface area contributed by atoms with Crippen molar-refractivity contribution < 1.29 is 4.79 Å². The fourth-order valence-corrected chi connectivity index (χ4v) is 3.66. The van der Waals surface area contributed by atoms with E-state index in [1.54, 1.807) is 0 Å². The van der Waals surface area contributed by atoms with Crippen LogP contribution in [-0.2, 0) is 4.79 Å². The Balaban J connectivity index is 1.66. The molecule has 1 aromatic rings. The van der Waals surface area contributed by atoms with Crippen molar-refractivity contribution >= 4 is 27.5 Å². The van der Waals surface area contributed by atoms with Crippen molar-refractivity contribution in [3.63, 3.8) is 0 Å². The summed E-state index contributed by atoms with van der Waals surface area (Å²) in [7, 11) is 0. The summed E-state index contributed by atoms with van der Waals surface area (Å²) in [5, 5.41) is 6.46. The van der Waals surface area contributed by atoms with E-state index in [0.29, 0.717) is 5.41 Å². The lowest BCUT2D eigenvalue weighted by Crippen LogP contribution is -2.31. The molecule has 2 aliphatic rings. The second-order valence-corrected chi connectivity index (χ2v) is 6.73. The van der Waals surface area contributed by atoms with Crippen LogP contribution in [0.3, 0.4) is 0 Å². The van der Waals surface area contributed by atoms with E-state index in [4.69, 9.17) is 0 Å². The van der Waals surface area contributed by atoms with Crippen molar-refractivity contribution in [1.29, 1.82) is 0 Å². The summed E-state index contributed by atoms with van der Waals surface area (Å²) < 4.78 is 1.05. The average Bonchev–Trinajstić information content (AvgIpc) is 3.07. The molecule has 1 aliphatic carbocycles. The number of hydrogen-bond donors (Lipinski definition) is 2. The third kappa shape index (κ3) is 2.56. The van der Waals surface area contributed by atoms with Crippen LogP contribution in [0.15, 0.2) is 22.7 Å².